The van der Waals surface area contributed by atoms with Gasteiger partial charge >= 0.3 is 6.03 Å². The van der Waals surface area contributed by atoms with E-state index in [-0.39, 0.29) is 12.5 Å². The topological polar surface area (TPSA) is 87.7 Å². The van der Waals surface area contributed by atoms with Crippen LogP contribution in [0.4, 0.5) is 10.5 Å². The fraction of sp³-hybridized carbons (Fsp3) is 0.526. The van der Waals surface area contributed by atoms with Crippen molar-refractivity contribution in [3.8, 4) is 5.75 Å². The van der Waals surface area contributed by atoms with Crippen molar-refractivity contribution in [1.29, 1.82) is 0 Å². The summed E-state index contributed by atoms with van der Waals surface area (Å²) in [7, 11) is 0. The van der Waals surface area contributed by atoms with Gasteiger partial charge in [-0.3, -0.25) is 14.5 Å². The van der Waals surface area contributed by atoms with Crippen molar-refractivity contribution in [2.45, 2.75) is 45.1 Å². The van der Waals surface area contributed by atoms with E-state index in [1.807, 2.05) is 6.92 Å². The zero-order valence-electron chi connectivity index (χ0n) is 15.2. The predicted molar refractivity (Wildman–Crippen MR) is 96.8 cm³/mol. The minimum absolute atomic E-state index is 0.281. The minimum Gasteiger partial charge on any atom is -0.494 e. The molecule has 2 N–H and O–H groups in total. The molecule has 0 aromatic heterocycles. The Hall–Kier alpha value is -2.57. The molecule has 3 rings (SSSR count). The van der Waals surface area contributed by atoms with Crippen LogP contribution in [0.25, 0.3) is 0 Å². The lowest BCUT2D eigenvalue weighted by Gasteiger charge is -2.33. The molecule has 1 aromatic carbocycles. The van der Waals surface area contributed by atoms with Crippen molar-refractivity contribution in [2.24, 2.45) is 5.92 Å². The summed E-state index contributed by atoms with van der Waals surface area (Å²) in [6.07, 6.45) is 3.07. The third-order valence-corrected chi connectivity index (χ3v) is 5.12. The van der Waals surface area contributed by atoms with Crippen molar-refractivity contribution in [2.75, 3.05) is 18.5 Å². The molecule has 26 heavy (non-hydrogen) atoms. The lowest BCUT2D eigenvalue weighted by molar-refractivity contribution is -0.135. The van der Waals surface area contributed by atoms with Crippen LogP contribution in [0.3, 0.4) is 0 Å². The Morgan fingerprint density at radius 3 is 2.54 bits per heavy atom. The molecule has 0 radical (unpaired) electrons. The van der Waals surface area contributed by atoms with Gasteiger partial charge in [0, 0.05) is 5.69 Å². The Kier molecular flexibility index (Phi) is 5.15. The molecule has 1 aliphatic heterocycles. The first kappa shape index (κ1) is 18.2. The van der Waals surface area contributed by atoms with Gasteiger partial charge in [0.05, 0.1) is 6.61 Å². The van der Waals surface area contributed by atoms with Crippen molar-refractivity contribution >= 4 is 23.5 Å². The predicted octanol–water partition coefficient (Wildman–Crippen LogP) is 2.52. The Balaban J connectivity index is 1.60. The molecule has 2 fully saturated rings. The minimum atomic E-state index is -0.816. The van der Waals surface area contributed by atoms with E-state index in [1.165, 1.54) is 0 Å². The van der Waals surface area contributed by atoms with Gasteiger partial charge in [-0.15, -0.1) is 0 Å². The highest BCUT2D eigenvalue weighted by Gasteiger charge is 2.52. The van der Waals surface area contributed by atoms with Gasteiger partial charge in [-0.1, -0.05) is 6.92 Å². The van der Waals surface area contributed by atoms with Gasteiger partial charge in [0.1, 0.15) is 17.8 Å². The third-order valence-electron chi connectivity index (χ3n) is 5.12. The van der Waals surface area contributed by atoms with Gasteiger partial charge in [-0.05, 0) is 62.8 Å². The van der Waals surface area contributed by atoms with Crippen molar-refractivity contribution < 1.29 is 19.1 Å². The SMILES string of the molecule is CCOc1ccc(NC(=O)CN2C(=O)NC3(CCC(C)CC3)C2=O)cc1. The Morgan fingerprint density at radius 1 is 1.27 bits per heavy atom. The van der Waals surface area contributed by atoms with Crippen LogP contribution in [0.15, 0.2) is 24.3 Å². The first-order chi connectivity index (χ1) is 12.4. The molecule has 1 saturated heterocycles. The molecule has 0 unspecified atom stereocenters. The van der Waals surface area contributed by atoms with E-state index in [1.54, 1.807) is 24.3 Å². The van der Waals surface area contributed by atoms with Crippen LogP contribution in [0, 0.1) is 5.92 Å². The first-order valence-corrected chi connectivity index (χ1v) is 9.10. The van der Waals surface area contributed by atoms with Crippen LogP contribution in [0.1, 0.15) is 39.5 Å². The van der Waals surface area contributed by atoms with Gasteiger partial charge in [-0.25, -0.2) is 4.79 Å². The fourth-order valence-electron chi connectivity index (χ4n) is 3.56. The highest BCUT2D eigenvalue weighted by atomic mass is 16.5. The third kappa shape index (κ3) is 3.66. The van der Waals surface area contributed by atoms with Crippen LogP contribution in [-0.4, -0.2) is 41.4 Å². The summed E-state index contributed by atoms with van der Waals surface area (Å²) in [5, 5.41) is 5.53. The lowest BCUT2D eigenvalue weighted by Crippen LogP contribution is -2.49. The van der Waals surface area contributed by atoms with Crippen LogP contribution < -0.4 is 15.4 Å². The average molecular weight is 359 g/mol. The van der Waals surface area contributed by atoms with Crippen molar-refractivity contribution in [3.63, 3.8) is 0 Å². The molecule has 4 amide bonds. The quantitative estimate of drug-likeness (QED) is 0.791. The van der Waals surface area contributed by atoms with Gasteiger partial charge in [0.15, 0.2) is 0 Å². The van der Waals surface area contributed by atoms with Crippen molar-refractivity contribution in [1.82, 2.24) is 10.2 Å². The molecule has 1 aliphatic carbocycles. The summed E-state index contributed by atoms with van der Waals surface area (Å²) in [4.78, 5) is 38.3. The highest BCUT2D eigenvalue weighted by molar-refractivity contribution is 6.10. The number of imide groups is 1. The normalized spacial score (nSPS) is 25.3. The molecule has 0 bridgehead atoms. The summed E-state index contributed by atoms with van der Waals surface area (Å²) in [5.41, 5.74) is -0.227. The van der Waals surface area contributed by atoms with Gasteiger partial charge < -0.3 is 15.4 Å². The number of urea groups is 1. The molecule has 1 spiro atoms. The molecule has 1 aromatic rings. The maximum Gasteiger partial charge on any atom is 0.325 e. The standard InChI is InChI=1S/C19H25N3O4/c1-3-26-15-6-4-14(5-7-15)20-16(23)12-22-17(24)19(21-18(22)25)10-8-13(2)9-11-19/h4-7,13H,3,8-12H2,1-2H3,(H,20,23)(H,21,25). The molecule has 1 saturated carbocycles. The zero-order valence-corrected chi connectivity index (χ0v) is 15.2. The molecule has 7 nitrogen and oxygen atoms in total. The molecule has 1 heterocycles. The van der Waals surface area contributed by atoms with Gasteiger partial charge in [0.2, 0.25) is 5.91 Å². The number of carbonyl (C=O) groups excluding carboxylic acids is 3. The number of nitrogens with zero attached hydrogens (tertiary/aromatic N) is 1. The summed E-state index contributed by atoms with van der Waals surface area (Å²) in [6.45, 7) is 4.33. The van der Waals surface area contributed by atoms with Crippen LogP contribution >= 0.6 is 0 Å². The van der Waals surface area contributed by atoms with E-state index >= 15 is 0 Å². The smallest absolute Gasteiger partial charge is 0.325 e. The summed E-state index contributed by atoms with van der Waals surface area (Å²) >= 11 is 0. The maximum atomic E-state index is 12.7. The monoisotopic (exact) mass is 359 g/mol. The number of hydrogen-bond acceptors (Lipinski definition) is 4. The fourth-order valence-corrected chi connectivity index (χ4v) is 3.56. The molecule has 7 heteroatoms. The molecular weight excluding hydrogens is 334 g/mol. The Labute approximate surface area is 153 Å². The molecule has 2 aliphatic rings. The number of anilines is 1. The summed E-state index contributed by atoms with van der Waals surface area (Å²) < 4.78 is 5.35. The van der Waals surface area contributed by atoms with E-state index in [4.69, 9.17) is 4.74 Å². The second kappa shape index (κ2) is 7.35. The lowest BCUT2D eigenvalue weighted by atomic mass is 9.77. The summed E-state index contributed by atoms with van der Waals surface area (Å²) in [6, 6.07) is 6.47. The zero-order chi connectivity index (χ0) is 18.7. The van der Waals surface area contributed by atoms with E-state index in [2.05, 4.69) is 17.6 Å². The Morgan fingerprint density at radius 2 is 1.92 bits per heavy atom. The van der Waals surface area contributed by atoms with Gasteiger partial charge in [0.25, 0.3) is 5.91 Å². The largest absolute Gasteiger partial charge is 0.494 e. The summed E-state index contributed by atoms with van der Waals surface area (Å²) in [5.74, 6) is 0.588. The van der Waals surface area contributed by atoms with E-state index in [0.29, 0.717) is 36.8 Å². The van der Waals surface area contributed by atoms with Crippen LogP contribution in [0.2, 0.25) is 0 Å². The number of rotatable bonds is 5. The highest BCUT2D eigenvalue weighted by Crippen LogP contribution is 2.36. The molecule has 0 atom stereocenters. The number of nitrogens with one attached hydrogen (secondary N) is 2. The van der Waals surface area contributed by atoms with E-state index < -0.39 is 17.5 Å². The van der Waals surface area contributed by atoms with Crippen LogP contribution in [-0.2, 0) is 9.59 Å². The number of ether oxygens (including phenoxy) is 1. The second-order valence-corrected chi connectivity index (χ2v) is 7.09. The second-order valence-electron chi connectivity index (χ2n) is 7.09. The van der Waals surface area contributed by atoms with Crippen LogP contribution in [0.5, 0.6) is 5.75 Å². The first-order valence-electron chi connectivity index (χ1n) is 9.10. The van der Waals surface area contributed by atoms with Crippen molar-refractivity contribution in [3.05, 3.63) is 24.3 Å². The number of benzene rings is 1. The number of carbonyl (C=O) groups is 3. The van der Waals surface area contributed by atoms with Gasteiger partial charge in [-0.2, -0.15) is 0 Å². The Bertz CT molecular complexity index is 693. The number of amides is 4. The number of hydrogen-bond donors (Lipinski definition) is 2. The maximum absolute atomic E-state index is 12.7. The molecular formula is C19H25N3O4. The molecule has 140 valence electrons. The van der Waals surface area contributed by atoms with E-state index in [9.17, 15) is 14.4 Å². The average Bonchev–Trinajstić information content (AvgIpc) is 2.84. The van der Waals surface area contributed by atoms with E-state index in [0.717, 1.165) is 17.7 Å².